The molecule has 5 nitrogen and oxygen atoms in total. The third-order valence-corrected chi connectivity index (χ3v) is 3.33. The molecule has 0 fully saturated rings. The Morgan fingerprint density at radius 2 is 1.87 bits per heavy atom. The number of aliphatic carboxylic acids is 1. The quantitative estimate of drug-likeness (QED) is 0.856. The van der Waals surface area contributed by atoms with Crippen molar-refractivity contribution in [1.29, 1.82) is 0 Å². The highest BCUT2D eigenvalue weighted by Crippen LogP contribution is 2.18. The SMILES string of the molecule is Cc1cccc([C@@H](CC(=O)O)NC(=O)OCc2ccccc2)c1. The van der Waals surface area contributed by atoms with Crippen molar-refractivity contribution in [1.82, 2.24) is 5.32 Å². The monoisotopic (exact) mass is 313 g/mol. The number of hydrogen-bond donors (Lipinski definition) is 2. The number of hydrogen-bond acceptors (Lipinski definition) is 3. The number of carboxylic acids is 1. The highest BCUT2D eigenvalue weighted by atomic mass is 16.5. The van der Waals surface area contributed by atoms with Gasteiger partial charge in [0, 0.05) is 0 Å². The molecule has 2 aromatic rings. The Balaban J connectivity index is 1.99. The van der Waals surface area contributed by atoms with Gasteiger partial charge in [0.25, 0.3) is 0 Å². The molecule has 0 aliphatic carbocycles. The van der Waals surface area contributed by atoms with E-state index in [0.29, 0.717) is 0 Å². The van der Waals surface area contributed by atoms with Crippen LogP contribution in [0.5, 0.6) is 0 Å². The van der Waals surface area contributed by atoms with Crippen LogP contribution in [0.4, 0.5) is 4.79 Å². The van der Waals surface area contributed by atoms with Gasteiger partial charge in [-0.1, -0.05) is 60.2 Å². The summed E-state index contributed by atoms with van der Waals surface area (Å²) in [5, 5.41) is 11.7. The second-order valence-electron chi connectivity index (χ2n) is 5.27. The van der Waals surface area contributed by atoms with Crippen molar-refractivity contribution in [2.75, 3.05) is 0 Å². The van der Waals surface area contributed by atoms with Gasteiger partial charge in [0.05, 0.1) is 12.5 Å². The topological polar surface area (TPSA) is 75.6 Å². The van der Waals surface area contributed by atoms with Crippen LogP contribution in [0.2, 0.25) is 0 Å². The Morgan fingerprint density at radius 1 is 1.13 bits per heavy atom. The van der Waals surface area contributed by atoms with Gasteiger partial charge in [0.2, 0.25) is 0 Å². The lowest BCUT2D eigenvalue weighted by Crippen LogP contribution is -2.30. The molecule has 1 atom stereocenters. The Kier molecular flexibility index (Phi) is 5.74. The molecule has 0 bridgehead atoms. The maximum Gasteiger partial charge on any atom is 0.407 e. The van der Waals surface area contributed by atoms with Crippen LogP contribution < -0.4 is 5.32 Å². The lowest BCUT2D eigenvalue weighted by Gasteiger charge is -2.18. The predicted octanol–water partition coefficient (Wildman–Crippen LogP) is 3.44. The predicted molar refractivity (Wildman–Crippen MR) is 85.9 cm³/mol. The minimum Gasteiger partial charge on any atom is -0.481 e. The van der Waals surface area contributed by atoms with E-state index < -0.39 is 18.1 Å². The van der Waals surface area contributed by atoms with E-state index in [1.165, 1.54) is 0 Å². The summed E-state index contributed by atoms with van der Waals surface area (Å²) in [5.74, 6) is -0.986. The fraction of sp³-hybridized carbons (Fsp3) is 0.222. The second-order valence-corrected chi connectivity index (χ2v) is 5.27. The lowest BCUT2D eigenvalue weighted by atomic mass is 10.0. The minimum absolute atomic E-state index is 0.139. The molecular weight excluding hydrogens is 294 g/mol. The first-order valence-corrected chi connectivity index (χ1v) is 7.30. The molecule has 0 unspecified atom stereocenters. The van der Waals surface area contributed by atoms with Crippen molar-refractivity contribution < 1.29 is 19.4 Å². The largest absolute Gasteiger partial charge is 0.481 e. The van der Waals surface area contributed by atoms with E-state index in [1.807, 2.05) is 55.5 Å². The maximum absolute atomic E-state index is 11.9. The first-order chi connectivity index (χ1) is 11.0. The normalized spacial score (nSPS) is 11.5. The van der Waals surface area contributed by atoms with Gasteiger partial charge < -0.3 is 15.2 Å². The number of nitrogens with one attached hydrogen (secondary N) is 1. The molecule has 0 heterocycles. The van der Waals surface area contributed by atoms with Crippen molar-refractivity contribution in [3.8, 4) is 0 Å². The standard InChI is InChI=1S/C18H19NO4/c1-13-6-5-9-15(10-13)16(11-17(20)21)19-18(22)23-12-14-7-3-2-4-8-14/h2-10,16H,11-12H2,1H3,(H,19,22)(H,20,21)/t16-/m1/s1. The summed E-state index contributed by atoms with van der Waals surface area (Å²) < 4.78 is 5.15. The highest BCUT2D eigenvalue weighted by molar-refractivity contribution is 5.72. The Hall–Kier alpha value is -2.82. The third-order valence-electron chi connectivity index (χ3n) is 3.33. The van der Waals surface area contributed by atoms with E-state index in [9.17, 15) is 9.59 Å². The zero-order chi connectivity index (χ0) is 16.7. The van der Waals surface area contributed by atoms with Crippen LogP contribution in [-0.4, -0.2) is 17.2 Å². The number of carboxylic acid groups (broad SMARTS) is 1. The van der Waals surface area contributed by atoms with E-state index in [1.54, 1.807) is 6.07 Å². The molecule has 0 saturated carbocycles. The molecule has 1 amide bonds. The summed E-state index contributed by atoms with van der Waals surface area (Å²) in [6.07, 6.45) is -0.842. The zero-order valence-electron chi connectivity index (χ0n) is 12.9. The number of aryl methyl sites for hydroxylation is 1. The van der Waals surface area contributed by atoms with Gasteiger partial charge in [0.15, 0.2) is 0 Å². The van der Waals surface area contributed by atoms with Gasteiger partial charge in [0.1, 0.15) is 6.61 Å². The molecular formula is C18H19NO4. The summed E-state index contributed by atoms with van der Waals surface area (Å²) in [4.78, 5) is 23.0. The van der Waals surface area contributed by atoms with Crippen LogP contribution in [-0.2, 0) is 16.1 Å². The van der Waals surface area contributed by atoms with E-state index in [4.69, 9.17) is 9.84 Å². The van der Waals surface area contributed by atoms with Crippen LogP contribution in [0.25, 0.3) is 0 Å². The zero-order valence-corrected chi connectivity index (χ0v) is 12.9. The molecule has 0 aliphatic rings. The van der Waals surface area contributed by atoms with Crippen molar-refractivity contribution in [3.05, 3.63) is 71.3 Å². The van der Waals surface area contributed by atoms with Crippen LogP contribution >= 0.6 is 0 Å². The van der Waals surface area contributed by atoms with Crippen molar-refractivity contribution >= 4 is 12.1 Å². The number of ether oxygens (including phenoxy) is 1. The average Bonchev–Trinajstić information content (AvgIpc) is 2.53. The van der Waals surface area contributed by atoms with Gasteiger partial charge in [-0.05, 0) is 18.1 Å². The Morgan fingerprint density at radius 3 is 2.52 bits per heavy atom. The molecule has 120 valence electrons. The number of carbonyl (C=O) groups is 2. The molecule has 5 heteroatoms. The fourth-order valence-electron chi connectivity index (χ4n) is 2.22. The molecule has 2 N–H and O–H groups in total. The molecule has 2 aromatic carbocycles. The summed E-state index contributed by atoms with van der Waals surface area (Å²) >= 11 is 0. The number of alkyl carbamates (subject to hydrolysis) is 1. The summed E-state index contributed by atoms with van der Waals surface area (Å²) in [5.41, 5.74) is 2.61. The van der Waals surface area contributed by atoms with Crippen LogP contribution in [0.3, 0.4) is 0 Å². The molecule has 0 radical (unpaired) electrons. The first kappa shape index (κ1) is 16.5. The van der Waals surface area contributed by atoms with Crippen molar-refractivity contribution in [3.63, 3.8) is 0 Å². The van der Waals surface area contributed by atoms with Crippen molar-refractivity contribution in [2.24, 2.45) is 0 Å². The van der Waals surface area contributed by atoms with Crippen LogP contribution in [0.1, 0.15) is 29.2 Å². The number of carbonyl (C=O) groups excluding carboxylic acids is 1. The van der Waals surface area contributed by atoms with Gasteiger partial charge in [-0.25, -0.2) is 4.79 Å². The molecule has 0 saturated heterocycles. The summed E-state index contributed by atoms with van der Waals surface area (Å²) in [6, 6.07) is 16.0. The van der Waals surface area contributed by atoms with E-state index in [2.05, 4.69) is 5.32 Å². The third kappa shape index (κ3) is 5.47. The minimum atomic E-state index is -0.986. The first-order valence-electron chi connectivity index (χ1n) is 7.30. The summed E-state index contributed by atoms with van der Waals surface area (Å²) in [7, 11) is 0. The van der Waals surface area contributed by atoms with E-state index >= 15 is 0 Å². The molecule has 0 aromatic heterocycles. The fourth-order valence-corrected chi connectivity index (χ4v) is 2.22. The van der Waals surface area contributed by atoms with Crippen LogP contribution in [0, 0.1) is 6.92 Å². The van der Waals surface area contributed by atoms with Gasteiger partial charge in [-0.3, -0.25) is 4.79 Å². The van der Waals surface area contributed by atoms with E-state index in [-0.39, 0.29) is 13.0 Å². The maximum atomic E-state index is 11.9. The molecule has 23 heavy (non-hydrogen) atoms. The van der Waals surface area contributed by atoms with Crippen molar-refractivity contribution in [2.45, 2.75) is 26.0 Å². The molecule has 2 rings (SSSR count). The smallest absolute Gasteiger partial charge is 0.407 e. The Bertz CT molecular complexity index is 670. The lowest BCUT2D eigenvalue weighted by molar-refractivity contribution is -0.137. The van der Waals surface area contributed by atoms with Gasteiger partial charge in [-0.15, -0.1) is 0 Å². The second kappa shape index (κ2) is 7.98. The number of rotatable bonds is 6. The molecule has 0 aliphatic heterocycles. The Labute approximate surface area is 134 Å². The molecule has 0 spiro atoms. The van der Waals surface area contributed by atoms with Gasteiger partial charge >= 0.3 is 12.1 Å². The van der Waals surface area contributed by atoms with E-state index in [0.717, 1.165) is 16.7 Å². The summed E-state index contributed by atoms with van der Waals surface area (Å²) in [6.45, 7) is 2.05. The van der Waals surface area contributed by atoms with Crippen LogP contribution in [0.15, 0.2) is 54.6 Å². The number of amides is 1. The number of benzene rings is 2. The average molecular weight is 313 g/mol. The van der Waals surface area contributed by atoms with Gasteiger partial charge in [-0.2, -0.15) is 0 Å². The highest BCUT2D eigenvalue weighted by Gasteiger charge is 2.19.